The van der Waals surface area contributed by atoms with Crippen LogP contribution in [0.25, 0.3) is 0 Å². The summed E-state index contributed by atoms with van der Waals surface area (Å²) in [7, 11) is 1.59. The summed E-state index contributed by atoms with van der Waals surface area (Å²) in [5.41, 5.74) is 4.17. The summed E-state index contributed by atoms with van der Waals surface area (Å²) in [6.45, 7) is 1.76. The summed E-state index contributed by atoms with van der Waals surface area (Å²) in [4.78, 5) is 12.1. The van der Waals surface area contributed by atoms with Crippen LogP contribution >= 0.6 is 15.9 Å². The maximum absolute atomic E-state index is 12.1. The lowest BCUT2D eigenvalue weighted by atomic mass is 10.2. The highest BCUT2D eigenvalue weighted by molar-refractivity contribution is 9.10. The zero-order chi connectivity index (χ0) is 16.7. The summed E-state index contributed by atoms with van der Waals surface area (Å²) < 4.78 is 6.21. The second-order valence-electron chi connectivity index (χ2n) is 4.86. The number of ether oxygens (including phenoxy) is 1. The minimum Gasteiger partial charge on any atom is -0.495 e. The Hall–Kier alpha value is -2.34. The van der Waals surface area contributed by atoms with Gasteiger partial charge in [-0.3, -0.25) is 4.79 Å². The zero-order valence-corrected chi connectivity index (χ0v) is 14.5. The maximum Gasteiger partial charge on any atom is 0.262 e. The predicted molar refractivity (Wildman–Crippen MR) is 96.0 cm³/mol. The molecule has 0 aromatic heterocycles. The Morgan fingerprint density at radius 2 is 2.04 bits per heavy atom. The SMILES string of the molecule is COc1ccccc1NC(C)C(=O)N/N=C/c1cccc(Br)c1. The van der Waals surface area contributed by atoms with Crippen LogP contribution in [-0.2, 0) is 4.79 Å². The van der Waals surface area contributed by atoms with Gasteiger partial charge in [0.15, 0.2) is 0 Å². The molecule has 1 atom stereocenters. The van der Waals surface area contributed by atoms with E-state index in [0.29, 0.717) is 5.75 Å². The number of amides is 1. The van der Waals surface area contributed by atoms with Crippen molar-refractivity contribution in [3.63, 3.8) is 0 Å². The summed E-state index contributed by atoms with van der Waals surface area (Å²) in [5, 5.41) is 7.07. The molecule has 120 valence electrons. The second kappa shape index (κ2) is 8.33. The van der Waals surface area contributed by atoms with Crippen molar-refractivity contribution in [1.29, 1.82) is 0 Å². The first-order valence-electron chi connectivity index (χ1n) is 7.08. The molecule has 1 amide bonds. The average Bonchev–Trinajstić information content (AvgIpc) is 2.55. The van der Waals surface area contributed by atoms with E-state index in [1.165, 1.54) is 0 Å². The van der Waals surface area contributed by atoms with E-state index in [0.717, 1.165) is 15.7 Å². The quantitative estimate of drug-likeness (QED) is 0.600. The molecule has 23 heavy (non-hydrogen) atoms. The van der Waals surface area contributed by atoms with Crippen molar-refractivity contribution in [2.45, 2.75) is 13.0 Å². The molecule has 1 unspecified atom stereocenters. The number of nitrogens with zero attached hydrogens (tertiary/aromatic N) is 1. The lowest BCUT2D eigenvalue weighted by Gasteiger charge is -2.15. The zero-order valence-electron chi connectivity index (χ0n) is 12.9. The normalized spacial score (nSPS) is 12.0. The van der Waals surface area contributed by atoms with Gasteiger partial charge in [0.1, 0.15) is 11.8 Å². The van der Waals surface area contributed by atoms with Crippen molar-refractivity contribution in [2.24, 2.45) is 5.10 Å². The van der Waals surface area contributed by atoms with Crippen molar-refractivity contribution in [1.82, 2.24) is 5.43 Å². The van der Waals surface area contributed by atoms with E-state index >= 15 is 0 Å². The number of carbonyl (C=O) groups is 1. The largest absolute Gasteiger partial charge is 0.495 e. The van der Waals surface area contributed by atoms with Gasteiger partial charge in [0.05, 0.1) is 19.0 Å². The Morgan fingerprint density at radius 1 is 1.26 bits per heavy atom. The topological polar surface area (TPSA) is 62.7 Å². The Balaban J connectivity index is 1.92. The molecular formula is C17H18BrN3O2. The minimum atomic E-state index is -0.453. The molecule has 0 saturated heterocycles. The second-order valence-corrected chi connectivity index (χ2v) is 5.77. The predicted octanol–water partition coefficient (Wildman–Crippen LogP) is 3.41. The summed E-state index contributed by atoms with van der Waals surface area (Å²) in [6.07, 6.45) is 1.60. The van der Waals surface area contributed by atoms with Crippen LogP contribution in [0.5, 0.6) is 5.75 Å². The maximum atomic E-state index is 12.1. The van der Waals surface area contributed by atoms with Crippen LogP contribution < -0.4 is 15.5 Å². The number of para-hydroxylation sites is 2. The third-order valence-corrected chi connectivity index (χ3v) is 3.60. The Labute approximate surface area is 143 Å². The number of nitrogens with one attached hydrogen (secondary N) is 2. The molecule has 2 aromatic rings. The van der Waals surface area contributed by atoms with Crippen LogP contribution in [0.15, 0.2) is 58.1 Å². The smallest absolute Gasteiger partial charge is 0.262 e. The molecule has 0 aliphatic rings. The van der Waals surface area contributed by atoms with Gasteiger partial charge in [0.2, 0.25) is 0 Å². The molecule has 2 aromatic carbocycles. The van der Waals surface area contributed by atoms with Gasteiger partial charge in [0.25, 0.3) is 5.91 Å². The van der Waals surface area contributed by atoms with Gasteiger partial charge in [0, 0.05) is 4.47 Å². The lowest BCUT2D eigenvalue weighted by Crippen LogP contribution is -2.35. The van der Waals surface area contributed by atoms with Crippen molar-refractivity contribution < 1.29 is 9.53 Å². The molecule has 0 fully saturated rings. The van der Waals surface area contributed by atoms with Gasteiger partial charge < -0.3 is 10.1 Å². The van der Waals surface area contributed by atoms with E-state index in [9.17, 15) is 4.79 Å². The van der Waals surface area contributed by atoms with E-state index in [1.54, 1.807) is 20.2 Å². The first-order valence-corrected chi connectivity index (χ1v) is 7.87. The van der Waals surface area contributed by atoms with E-state index < -0.39 is 6.04 Å². The Morgan fingerprint density at radius 3 is 2.78 bits per heavy atom. The van der Waals surface area contributed by atoms with Crippen molar-refractivity contribution >= 4 is 33.7 Å². The number of carbonyl (C=O) groups excluding carboxylic acids is 1. The van der Waals surface area contributed by atoms with Crippen LogP contribution in [-0.4, -0.2) is 25.3 Å². The number of methoxy groups -OCH3 is 1. The number of hydrogen-bond donors (Lipinski definition) is 2. The van der Waals surface area contributed by atoms with Crippen LogP contribution in [0.3, 0.4) is 0 Å². The molecule has 0 radical (unpaired) electrons. The summed E-state index contributed by atoms with van der Waals surface area (Å²) in [6, 6.07) is 14.6. The Kier molecular flexibility index (Phi) is 6.17. The number of hydrazone groups is 1. The van der Waals surface area contributed by atoms with Crippen LogP contribution in [0.4, 0.5) is 5.69 Å². The lowest BCUT2D eigenvalue weighted by molar-refractivity contribution is -0.121. The number of anilines is 1. The molecule has 5 nitrogen and oxygen atoms in total. The number of rotatable bonds is 6. The van der Waals surface area contributed by atoms with E-state index in [1.807, 2.05) is 48.5 Å². The molecule has 0 saturated carbocycles. The fourth-order valence-electron chi connectivity index (χ4n) is 1.92. The molecule has 0 heterocycles. The van der Waals surface area contributed by atoms with E-state index in [4.69, 9.17) is 4.74 Å². The highest BCUT2D eigenvalue weighted by Crippen LogP contribution is 2.23. The van der Waals surface area contributed by atoms with Crippen LogP contribution in [0.2, 0.25) is 0 Å². The van der Waals surface area contributed by atoms with Gasteiger partial charge in [-0.05, 0) is 36.8 Å². The highest BCUT2D eigenvalue weighted by atomic mass is 79.9. The summed E-state index contributed by atoms with van der Waals surface area (Å²) in [5.74, 6) is 0.451. The molecule has 2 N–H and O–H groups in total. The van der Waals surface area contributed by atoms with Crippen molar-refractivity contribution in [3.05, 3.63) is 58.6 Å². The molecule has 6 heteroatoms. The fourth-order valence-corrected chi connectivity index (χ4v) is 2.33. The number of halogens is 1. The van der Waals surface area contributed by atoms with Gasteiger partial charge in [-0.15, -0.1) is 0 Å². The van der Waals surface area contributed by atoms with Gasteiger partial charge >= 0.3 is 0 Å². The minimum absolute atomic E-state index is 0.234. The molecule has 0 aliphatic heterocycles. The first kappa shape index (κ1) is 17.0. The molecule has 0 aliphatic carbocycles. The van der Waals surface area contributed by atoms with Gasteiger partial charge in [-0.2, -0.15) is 5.10 Å². The third kappa shape index (κ3) is 5.10. The molecule has 0 spiro atoms. The van der Waals surface area contributed by atoms with Crippen molar-refractivity contribution in [2.75, 3.05) is 12.4 Å². The van der Waals surface area contributed by atoms with Crippen LogP contribution in [0.1, 0.15) is 12.5 Å². The highest BCUT2D eigenvalue weighted by Gasteiger charge is 2.13. The average molecular weight is 376 g/mol. The van der Waals surface area contributed by atoms with Crippen LogP contribution in [0, 0.1) is 0 Å². The van der Waals surface area contributed by atoms with Gasteiger partial charge in [-0.1, -0.05) is 40.2 Å². The number of hydrogen-bond acceptors (Lipinski definition) is 4. The van der Waals surface area contributed by atoms with E-state index in [-0.39, 0.29) is 5.91 Å². The third-order valence-electron chi connectivity index (χ3n) is 3.11. The molecule has 0 bridgehead atoms. The summed E-state index contributed by atoms with van der Waals surface area (Å²) >= 11 is 3.39. The fraction of sp³-hybridized carbons (Fsp3) is 0.176. The number of benzene rings is 2. The van der Waals surface area contributed by atoms with Gasteiger partial charge in [-0.25, -0.2) is 5.43 Å². The monoisotopic (exact) mass is 375 g/mol. The molecular weight excluding hydrogens is 358 g/mol. The van der Waals surface area contributed by atoms with E-state index in [2.05, 4.69) is 31.8 Å². The Bertz CT molecular complexity index is 704. The van der Waals surface area contributed by atoms with Crippen molar-refractivity contribution in [3.8, 4) is 5.75 Å². The molecule has 2 rings (SSSR count). The standard InChI is InChI=1S/C17H18BrN3O2/c1-12(20-15-8-3-4-9-16(15)23-2)17(22)21-19-11-13-6-5-7-14(18)10-13/h3-12,20H,1-2H3,(H,21,22)/b19-11+. The first-order chi connectivity index (χ1) is 11.1.